The van der Waals surface area contributed by atoms with E-state index in [0.717, 1.165) is 0 Å². The summed E-state index contributed by atoms with van der Waals surface area (Å²) in [6.45, 7) is 3.94. The Bertz CT molecular complexity index is 1260. The Morgan fingerprint density at radius 1 is 1.05 bits per heavy atom. The van der Waals surface area contributed by atoms with Gasteiger partial charge in [-0.2, -0.15) is 0 Å². The van der Waals surface area contributed by atoms with Crippen LogP contribution in [-0.4, -0.2) is 90.8 Å². The molecule has 0 aliphatic carbocycles. The molecule has 12 nitrogen and oxygen atoms in total. The third kappa shape index (κ3) is 5.24. The lowest BCUT2D eigenvalue weighted by Gasteiger charge is -2.50. The van der Waals surface area contributed by atoms with Gasteiger partial charge in [-0.25, -0.2) is 9.69 Å². The molecule has 0 saturated carbocycles. The summed E-state index contributed by atoms with van der Waals surface area (Å²) in [7, 11) is 0. The van der Waals surface area contributed by atoms with Crippen molar-refractivity contribution >= 4 is 23.9 Å². The highest BCUT2D eigenvalue weighted by Gasteiger charge is 2.64. The molecule has 5 atom stereocenters. The van der Waals surface area contributed by atoms with Gasteiger partial charge in [0.05, 0.1) is 17.7 Å². The SMILES string of the molecule is CC(C)(C)OC(=O)/C(=C/c1ccc(O)cc1)O[C@@H]1O[C@H](CO)[C@H](O)[C@H](O)[C@]1(O)N1C(=O)c2ccccc2C1=O. The largest absolute Gasteiger partial charge is 0.508 e. The standard InChI is InChI=1S/C27H29NO11/c1-26(2,3)39-24(35)18(12-14-8-10-15(30)11-9-14)37-25-27(36,21(32)20(31)19(13-29)38-25)28-22(33)16-6-4-5-7-17(16)23(28)34/h4-12,19-21,25,29-32,36H,13H2,1-3H3/b18-12-/t19-,20+,21+,25-,27-/m1/s1. The molecule has 1 saturated heterocycles. The number of hydrogen-bond donors (Lipinski definition) is 5. The smallest absolute Gasteiger partial charge is 0.374 e. The second-order valence-corrected chi connectivity index (χ2v) is 10.1. The van der Waals surface area contributed by atoms with Gasteiger partial charge in [-0.15, -0.1) is 0 Å². The molecule has 39 heavy (non-hydrogen) atoms. The van der Waals surface area contributed by atoms with E-state index < -0.39 is 66.1 Å². The number of imide groups is 1. The van der Waals surface area contributed by atoms with Crippen LogP contribution in [0.25, 0.3) is 6.08 Å². The van der Waals surface area contributed by atoms with Gasteiger partial charge in [0, 0.05) is 0 Å². The number of phenols is 1. The summed E-state index contributed by atoms with van der Waals surface area (Å²) in [5.74, 6) is -3.68. The average Bonchev–Trinajstić information content (AvgIpc) is 3.14. The van der Waals surface area contributed by atoms with E-state index >= 15 is 0 Å². The van der Waals surface area contributed by atoms with Crippen molar-refractivity contribution in [1.82, 2.24) is 4.90 Å². The third-order valence-corrected chi connectivity index (χ3v) is 6.14. The van der Waals surface area contributed by atoms with Crippen LogP contribution in [0.3, 0.4) is 0 Å². The minimum absolute atomic E-state index is 0.0506. The molecule has 2 aliphatic rings. The number of aliphatic hydroxyl groups is 4. The molecule has 208 valence electrons. The summed E-state index contributed by atoms with van der Waals surface area (Å²) < 4.78 is 16.7. The van der Waals surface area contributed by atoms with E-state index in [-0.39, 0.29) is 16.9 Å². The van der Waals surface area contributed by atoms with Gasteiger partial charge in [0.1, 0.15) is 29.7 Å². The molecule has 2 aromatic carbocycles. The summed E-state index contributed by atoms with van der Waals surface area (Å²) in [5.41, 5.74) is -3.87. The number of phenolic OH excluding ortho intramolecular Hbond substituents is 1. The summed E-state index contributed by atoms with van der Waals surface area (Å²) in [4.78, 5) is 39.9. The Kier molecular flexibility index (Phi) is 7.52. The molecular weight excluding hydrogens is 514 g/mol. The van der Waals surface area contributed by atoms with Crippen molar-refractivity contribution in [3.63, 3.8) is 0 Å². The second kappa shape index (κ2) is 10.4. The van der Waals surface area contributed by atoms with Gasteiger partial charge >= 0.3 is 5.97 Å². The van der Waals surface area contributed by atoms with Crippen molar-refractivity contribution in [3.8, 4) is 5.75 Å². The Hall–Kier alpha value is -3.81. The molecule has 0 bridgehead atoms. The van der Waals surface area contributed by atoms with Gasteiger partial charge in [-0.1, -0.05) is 24.3 Å². The summed E-state index contributed by atoms with van der Waals surface area (Å²) >= 11 is 0. The molecule has 1 fully saturated rings. The molecule has 0 unspecified atom stereocenters. The zero-order valence-corrected chi connectivity index (χ0v) is 21.3. The van der Waals surface area contributed by atoms with Gasteiger partial charge in [-0.05, 0) is 56.7 Å². The highest BCUT2D eigenvalue weighted by molar-refractivity contribution is 6.21. The van der Waals surface area contributed by atoms with E-state index in [1.54, 1.807) is 20.8 Å². The van der Waals surface area contributed by atoms with Crippen LogP contribution < -0.4 is 0 Å². The highest BCUT2D eigenvalue weighted by atomic mass is 16.7. The molecule has 2 amide bonds. The summed E-state index contributed by atoms with van der Waals surface area (Å²) in [5, 5.41) is 52.7. The Morgan fingerprint density at radius 2 is 1.62 bits per heavy atom. The number of amides is 2. The zero-order valence-electron chi connectivity index (χ0n) is 21.3. The monoisotopic (exact) mass is 543 g/mol. The van der Waals surface area contributed by atoms with Crippen LogP contribution in [0.15, 0.2) is 54.3 Å². The van der Waals surface area contributed by atoms with Crippen LogP contribution in [0.1, 0.15) is 47.1 Å². The average molecular weight is 544 g/mol. The van der Waals surface area contributed by atoms with Gasteiger partial charge in [0.25, 0.3) is 18.1 Å². The number of benzene rings is 2. The quantitative estimate of drug-likeness (QED) is 0.148. The normalized spacial score (nSPS) is 27.4. The van der Waals surface area contributed by atoms with Gasteiger partial charge in [0.15, 0.2) is 0 Å². The zero-order chi connectivity index (χ0) is 28.7. The molecule has 4 rings (SSSR count). The second-order valence-electron chi connectivity index (χ2n) is 10.1. The lowest BCUT2D eigenvalue weighted by molar-refractivity contribution is -0.357. The molecule has 5 N–H and O–H groups in total. The first-order chi connectivity index (χ1) is 18.3. The Labute approximate surface area is 223 Å². The lowest BCUT2D eigenvalue weighted by Crippen LogP contribution is -2.74. The molecule has 0 aromatic heterocycles. The minimum atomic E-state index is -3.06. The predicted octanol–water partition coefficient (Wildman–Crippen LogP) is 0.515. The third-order valence-electron chi connectivity index (χ3n) is 6.14. The van der Waals surface area contributed by atoms with Crippen molar-refractivity contribution in [1.29, 1.82) is 0 Å². The first-order valence-electron chi connectivity index (χ1n) is 12.0. The number of carbonyl (C=O) groups excluding carboxylic acids is 3. The topological polar surface area (TPSA) is 183 Å². The van der Waals surface area contributed by atoms with E-state index in [2.05, 4.69) is 0 Å². The molecule has 2 heterocycles. The molecule has 0 radical (unpaired) electrons. The number of ether oxygens (including phenoxy) is 3. The van der Waals surface area contributed by atoms with Crippen molar-refractivity contribution in [2.45, 2.75) is 56.7 Å². The first kappa shape index (κ1) is 28.2. The highest BCUT2D eigenvalue weighted by Crippen LogP contribution is 2.40. The number of aromatic hydroxyl groups is 1. The van der Waals surface area contributed by atoms with E-state index in [4.69, 9.17) is 14.2 Å². The van der Waals surface area contributed by atoms with Gasteiger partial charge in [0.2, 0.25) is 11.5 Å². The Balaban J connectivity index is 1.80. The number of rotatable bonds is 6. The Morgan fingerprint density at radius 3 is 2.13 bits per heavy atom. The lowest BCUT2D eigenvalue weighted by atomic mass is 9.91. The number of fused-ring (bicyclic) bond motifs is 1. The van der Waals surface area contributed by atoms with Crippen molar-refractivity contribution in [3.05, 3.63) is 71.0 Å². The maximum atomic E-state index is 13.3. The van der Waals surface area contributed by atoms with Crippen LogP contribution in [0, 0.1) is 0 Å². The molecule has 2 aromatic rings. The van der Waals surface area contributed by atoms with Gasteiger partial charge in [-0.3, -0.25) is 9.59 Å². The van der Waals surface area contributed by atoms with Crippen LogP contribution >= 0.6 is 0 Å². The summed E-state index contributed by atoms with van der Waals surface area (Å²) in [6, 6.07) is 11.2. The van der Waals surface area contributed by atoms with Crippen LogP contribution in [0.2, 0.25) is 0 Å². The van der Waals surface area contributed by atoms with Crippen molar-refractivity contribution < 1.29 is 54.1 Å². The number of carbonyl (C=O) groups is 3. The predicted molar refractivity (Wildman–Crippen MR) is 133 cm³/mol. The molecule has 0 spiro atoms. The maximum absolute atomic E-state index is 13.3. The van der Waals surface area contributed by atoms with E-state index in [0.29, 0.717) is 10.5 Å². The fraction of sp³-hybridized carbons (Fsp3) is 0.370. The number of nitrogens with zero attached hydrogens (tertiary/aromatic N) is 1. The van der Waals surface area contributed by atoms with Crippen LogP contribution in [-0.2, 0) is 19.0 Å². The van der Waals surface area contributed by atoms with E-state index in [1.807, 2.05) is 0 Å². The fourth-order valence-electron chi connectivity index (χ4n) is 4.26. The maximum Gasteiger partial charge on any atom is 0.374 e. The first-order valence-corrected chi connectivity index (χ1v) is 12.0. The van der Waals surface area contributed by atoms with E-state index in [1.165, 1.54) is 54.6 Å². The van der Waals surface area contributed by atoms with Crippen LogP contribution in [0.5, 0.6) is 5.75 Å². The number of esters is 1. The number of aliphatic hydroxyl groups excluding tert-OH is 3. The fourth-order valence-corrected chi connectivity index (χ4v) is 4.26. The molecule has 2 aliphatic heterocycles. The molecule has 12 heteroatoms. The van der Waals surface area contributed by atoms with E-state index in [9.17, 15) is 39.9 Å². The van der Waals surface area contributed by atoms with Gasteiger partial charge < -0.3 is 39.7 Å². The summed E-state index contributed by atoms with van der Waals surface area (Å²) in [6.07, 6.45) is -6.77. The van der Waals surface area contributed by atoms with Crippen LogP contribution in [0.4, 0.5) is 0 Å². The minimum Gasteiger partial charge on any atom is -0.508 e. The number of hydrogen-bond acceptors (Lipinski definition) is 11. The van der Waals surface area contributed by atoms with Crippen molar-refractivity contribution in [2.24, 2.45) is 0 Å². The van der Waals surface area contributed by atoms with Crippen molar-refractivity contribution in [2.75, 3.05) is 6.61 Å². The molecular formula is C27H29NO11.